The summed E-state index contributed by atoms with van der Waals surface area (Å²) in [6.45, 7) is 8.25. The van der Waals surface area contributed by atoms with Crippen molar-refractivity contribution in [3.63, 3.8) is 0 Å². The normalized spacial score (nSPS) is 14.1. The molecule has 1 aromatic heterocycles. The van der Waals surface area contributed by atoms with Crippen LogP contribution in [0.5, 0.6) is 0 Å². The quantitative estimate of drug-likeness (QED) is 0.213. The highest BCUT2D eigenvalue weighted by Crippen LogP contribution is 2.31. The number of aliphatic hydroxyl groups is 2. The highest BCUT2D eigenvalue weighted by molar-refractivity contribution is 7.80. The molecule has 0 fully saturated rings. The summed E-state index contributed by atoms with van der Waals surface area (Å²) in [5.41, 5.74) is 2.07. The first-order chi connectivity index (χ1) is 17.6. The van der Waals surface area contributed by atoms with Gasteiger partial charge in [-0.3, -0.25) is 9.35 Å². The van der Waals surface area contributed by atoms with E-state index in [1.807, 2.05) is 20.8 Å². The molecule has 0 saturated heterocycles. The van der Waals surface area contributed by atoms with E-state index in [4.69, 9.17) is 0 Å². The molecule has 1 heterocycles. The summed E-state index contributed by atoms with van der Waals surface area (Å²) in [6, 6.07) is 5.68. The predicted molar refractivity (Wildman–Crippen MR) is 144 cm³/mol. The summed E-state index contributed by atoms with van der Waals surface area (Å²) in [5, 5.41) is 23.5. The van der Waals surface area contributed by atoms with Crippen molar-refractivity contribution in [3.8, 4) is 11.3 Å². The maximum Gasteiger partial charge on any atom is 0.264 e. The predicted octanol–water partition coefficient (Wildman–Crippen LogP) is 3.80. The molecular weight excluding hydrogens is 499 g/mol. The van der Waals surface area contributed by atoms with Crippen LogP contribution in [0.1, 0.15) is 70.6 Å². The van der Waals surface area contributed by atoms with Crippen molar-refractivity contribution in [2.45, 2.75) is 71.5 Å². The summed E-state index contributed by atoms with van der Waals surface area (Å²) >= 11 is -2.35. The van der Waals surface area contributed by atoms with Gasteiger partial charge in [-0.1, -0.05) is 39.3 Å². The molecule has 2 aromatic rings. The minimum absolute atomic E-state index is 0.0490. The first-order valence-corrected chi connectivity index (χ1v) is 13.5. The van der Waals surface area contributed by atoms with Crippen molar-refractivity contribution < 1.29 is 28.2 Å². The Morgan fingerprint density at radius 3 is 2.43 bits per heavy atom. The Bertz CT molecular complexity index is 1080. The first-order valence-electron chi connectivity index (χ1n) is 12.4. The van der Waals surface area contributed by atoms with Crippen molar-refractivity contribution in [2.75, 3.05) is 17.4 Å². The molecule has 0 spiro atoms. The van der Waals surface area contributed by atoms with Gasteiger partial charge in [-0.15, -0.1) is 0 Å². The van der Waals surface area contributed by atoms with Crippen LogP contribution in [0, 0.1) is 5.82 Å². The second-order valence-corrected chi connectivity index (χ2v) is 9.88. The third kappa shape index (κ3) is 9.26. The Morgan fingerprint density at radius 2 is 1.86 bits per heavy atom. The van der Waals surface area contributed by atoms with E-state index in [0.717, 1.165) is 17.1 Å². The molecule has 0 bridgehead atoms. The number of anilines is 1. The zero-order valence-electron chi connectivity index (χ0n) is 21.7. The number of aromatic nitrogens is 2. The number of halogens is 1. The van der Waals surface area contributed by atoms with Crippen molar-refractivity contribution in [2.24, 2.45) is 0 Å². The number of nitrogens with one attached hydrogen (secondary N) is 1. The summed E-state index contributed by atoms with van der Waals surface area (Å²) in [5.74, 6) is -0.771. The summed E-state index contributed by atoms with van der Waals surface area (Å²) in [6.07, 6.45) is 2.66. The number of unbranched alkanes of at least 4 members (excludes halogenated alkanes) is 1. The molecular formula is C26H37FN4O5S. The molecule has 1 amide bonds. The van der Waals surface area contributed by atoms with Crippen LogP contribution in [0.15, 0.2) is 30.3 Å². The average molecular weight is 537 g/mol. The van der Waals surface area contributed by atoms with Gasteiger partial charge in [-0.25, -0.2) is 22.9 Å². The Morgan fingerprint density at radius 1 is 1.19 bits per heavy atom. The van der Waals surface area contributed by atoms with Crippen LogP contribution in [0.4, 0.5) is 10.3 Å². The molecule has 2 rings (SSSR count). The van der Waals surface area contributed by atoms with Crippen LogP contribution in [0.2, 0.25) is 0 Å². The smallest absolute Gasteiger partial charge is 0.264 e. The summed E-state index contributed by atoms with van der Waals surface area (Å²) in [4.78, 5) is 21.0. The molecule has 1 aromatic carbocycles. The van der Waals surface area contributed by atoms with Crippen molar-refractivity contribution in [1.29, 1.82) is 0 Å². The average Bonchev–Trinajstić information content (AvgIpc) is 2.83. The molecule has 0 saturated carbocycles. The van der Waals surface area contributed by atoms with Crippen LogP contribution >= 0.6 is 0 Å². The fraction of sp³-hybridized carbons (Fsp3) is 0.500. The monoisotopic (exact) mass is 536 g/mol. The van der Waals surface area contributed by atoms with E-state index in [1.54, 1.807) is 25.1 Å². The highest BCUT2D eigenvalue weighted by atomic mass is 32.2. The molecule has 0 aliphatic heterocycles. The lowest BCUT2D eigenvalue weighted by atomic mass is 9.97. The molecule has 0 aliphatic rings. The zero-order chi connectivity index (χ0) is 27.5. The Hall–Kier alpha value is -2.73. The van der Waals surface area contributed by atoms with Gasteiger partial charge in [0.15, 0.2) is 0 Å². The molecule has 4 N–H and O–H groups in total. The number of aliphatic hydroxyl groups excluding tert-OH is 2. The van der Waals surface area contributed by atoms with E-state index in [2.05, 4.69) is 15.3 Å². The fourth-order valence-corrected chi connectivity index (χ4v) is 4.12. The molecule has 0 radical (unpaired) electrons. The van der Waals surface area contributed by atoms with Crippen LogP contribution in [0.3, 0.4) is 0 Å². The summed E-state index contributed by atoms with van der Waals surface area (Å²) < 4.78 is 36.3. The van der Waals surface area contributed by atoms with Gasteiger partial charge in [0, 0.05) is 30.6 Å². The van der Waals surface area contributed by atoms with Gasteiger partial charge in [0.1, 0.15) is 5.82 Å². The topological polar surface area (TPSA) is 136 Å². The summed E-state index contributed by atoms with van der Waals surface area (Å²) in [7, 11) is 0. The Kier molecular flexibility index (Phi) is 12.3. The van der Waals surface area contributed by atoms with Crippen molar-refractivity contribution in [3.05, 3.63) is 47.4 Å². The maximum absolute atomic E-state index is 13.6. The van der Waals surface area contributed by atoms with E-state index < -0.39 is 29.3 Å². The largest absolute Gasteiger partial charge is 0.392 e. The number of carbonyl (C=O) groups excluding carboxylic acids is 1. The number of benzene rings is 1. The lowest BCUT2D eigenvalue weighted by Gasteiger charge is -2.21. The number of rotatable bonds is 14. The minimum Gasteiger partial charge on any atom is -0.392 e. The molecule has 3 atom stereocenters. The van der Waals surface area contributed by atoms with Crippen LogP contribution in [-0.4, -0.2) is 60.1 Å². The molecule has 0 aliphatic carbocycles. The van der Waals surface area contributed by atoms with Gasteiger partial charge >= 0.3 is 0 Å². The first kappa shape index (κ1) is 30.5. The highest BCUT2D eigenvalue weighted by Gasteiger charge is 2.22. The number of hydrogen-bond donors (Lipinski definition) is 4. The van der Waals surface area contributed by atoms with E-state index in [0.29, 0.717) is 29.1 Å². The second-order valence-electron chi connectivity index (χ2n) is 8.98. The van der Waals surface area contributed by atoms with E-state index in [-0.39, 0.29) is 37.2 Å². The van der Waals surface area contributed by atoms with Gasteiger partial charge in [0.2, 0.25) is 11.9 Å². The molecule has 9 nitrogen and oxygen atoms in total. The maximum atomic E-state index is 13.6. The van der Waals surface area contributed by atoms with Crippen LogP contribution in [-0.2, 0) is 16.1 Å². The van der Waals surface area contributed by atoms with Gasteiger partial charge in [0.25, 0.3) is 11.3 Å². The van der Waals surface area contributed by atoms with Crippen molar-refractivity contribution >= 4 is 29.2 Å². The molecule has 37 heavy (non-hydrogen) atoms. The van der Waals surface area contributed by atoms with Gasteiger partial charge in [-0.05, 0) is 43.5 Å². The molecule has 11 heteroatoms. The Labute approximate surface area is 220 Å². The molecule has 1 unspecified atom stereocenters. The van der Waals surface area contributed by atoms with E-state index in [9.17, 15) is 28.2 Å². The minimum atomic E-state index is -2.35. The van der Waals surface area contributed by atoms with Gasteiger partial charge < -0.3 is 15.5 Å². The number of carbonyl (C=O) groups is 1. The van der Waals surface area contributed by atoms with Crippen molar-refractivity contribution in [1.82, 2.24) is 15.3 Å². The van der Waals surface area contributed by atoms with Crippen LogP contribution < -0.4 is 9.62 Å². The lowest BCUT2D eigenvalue weighted by molar-refractivity contribution is -0.123. The third-order valence-corrected chi connectivity index (χ3v) is 6.40. The number of hydrogen-bond acceptors (Lipinski definition) is 6. The van der Waals surface area contributed by atoms with E-state index in [1.165, 1.54) is 18.2 Å². The third-order valence-electron chi connectivity index (χ3n) is 5.60. The standard InChI is InChI=1S/C26H37FN4O5S/c1-5-7-14-28-23(34)16-21(33)15-20(32)12-13-22-24(17(3)4)29-26(31(6-2)37(35)36)30-25(22)18-8-10-19(27)11-9-18/h8-13,17,20-21,32-33H,5-7,14-16H2,1-4H3,(H,28,34)(H,35,36)/t20-,21-/m1/s1. The van der Waals surface area contributed by atoms with Gasteiger partial charge in [0.05, 0.1) is 30.0 Å². The van der Waals surface area contributed by atoms with E-state index >= 15 is 0 Å². The molecule has 204 valence electrons. The van der Waals surface area contributed by atoms with Crippen LogP contribution in [0.25, 0.3) is 17.3 Å². The number of nitrogens with zero attached hydrogens (tertiary/aromatic N) is 3. The second kappa shape index (κ2) is 14.9. The fourth-order valence-electron chi connectivity index (χ4n) is 3.68. The SMILES string of the molecule is CCCCNC(=O)C[C@H](O)C[C@H](O)C=Cc1c(-c2ccc(F)cc2)nc(N(CC)S(=O)O)nc1C(C)C. The Balaban J connectivity index is 2.39. The van der Waals surface area contributed by atoms with Gasteiger partial charge in [-0.2, -0.15) is 0 Å². The lowest BCUT2D eigenvalue weighted by Crippen LogP contribution is -2.29. The number of amides is 1. The zero-order valence-corrected chi connectivity index (χ0v) is 22.5.